The minimum Gasteiger partial charge on any atom is -0.384 e. The summed E-state index contributed by atoms with van der Waals surface area (Å²) in [6.45, 7) is 2.81. The van der Waals surface area contributed by atoms with E-state index in [9.17, 15) is 4.79 Å². The number of ether oxygens (including phenoxy) is 1. The first kappa shape index (κ1) is 22.4. The summed E-state index contributed by atoms with van der Waals surface area (Å²) in [5.74, 6) is 0.182. The molecule has 136 valence electrons. The highest BCUT2D eigenvalue weighted by atomic mass is 16.5. The van der Waals surface area contributed by atoms with Crippen LogP contribution < -0.4 is 0 Å². The molecule has 0 unspecified atom stereocenters. The van der Waals surface area contributed by atoms with Crippen LogP contribution in [0.15, 0.2) is 12.2 Å². The molecule has 0 bridgehead atoms. The molecule has 2 heteroatoms. The van der Waals surface area contributed by atoms with Crippen molar-refractivity contribution in [2.45, 2.75) is 103 Å². The van der Waals surface area contributed by atoms with Gasteiger partial charge in [0, 0.05) is 13.5 Å². The lowest BCUT2D eigenvalue weighted by Crippen LogP contribution is -1.98. The first-order valence-electron chi connectivity index (χ1n) is 9.99. The van der Waals surface area contributed by atoms with Crippen LogP contribution in [0.5, 0.6) is 0 Å². The Morgan fingerprint density at radius 2 is 1.26 bits per heavy atom. The lowest BCUT2D eigenvalue weighted by Gasteiger charge is -2.02. The van der Waals surface area contributed by atoms with Gasteiger partial charge >= 0.3 is 0 Å². The summed E-state index contributed by atoms with van der Waals surface area (Å²) >= 11 is 0. The van der Waals surface area contributed by atoms with Crippen molar-refractivity contribution in [1.82, 2.24) is 0 Å². The lowest BCUT2D eigenvalue weighted by atomic mass is 10.0. The SMILES string of the molecule is CCCCCCCCCCCCCCCC=CC(=O)CCOC. The van der Waals surface area contributed by atoms with Gasteiger partial charge in [-0.15, -0.1) is 0 Å². The Hall–Kier alpha value is -0.630. The summed E-state index contributed by atoms with van der Waals surface area (Å²) in [7, 11) is 1.63. The van der Waals surface area contributed by atoms with E-state index in [1.165, 1.54) is 83.5 Å². The average molecular weight is 325 g/mol. The van der Waals surface area contributed by atoms with Crippen molar-refractivity contribution in [3.8, 4) is 0 Å². The Morgan fingerprint density at radius 1 is 0.783 bits per heavy atom. The second-order valence-electron chi connectivity index (χ2n) is 6.64. The number of allylic oxidation sites excluding steroid dienone is 2. The number of hydrogen-bond donors (Lipinski definition) is 0. The smallest absolute Gasteiger partial charge is 0.157 e. The fraction of sp³-hybridized carbons (Fsp3) is 0.857. The van der Waals surface area contributed by atoms with Crippen molar-refractivity contribution in [3.63, 3.8) is 0 Å². The maximum Gasteiger partial charge on any atom is 0.157 e. The number of carbonyl (C=O) groups excluding carboxylic acids is 1. The van der Waals surface area contributed by atoms with Gasteiger partial charge in [0.25, 0.3) is 0 Å². The van der Waals surface area contributed by atoms with Gasteiger partial charge in [0.2, 0.25) is 0 Å². The zero-order valence-electron chi connectivity index (χ0n) is 15.8. The van der Waals surface area contributed by atoms with E-state index in [2.05, 4.69) is 6.92 Å². The normalized spacial score (nSPS) is 11.4. The third-order valence-electron chi connectivity index (χ3n) is 4.33. The number of ketones is 1. The molecule has 0 atom stereocenters. The van der Waals surface area contributed by atoms with Gasteiger partial charge in [-0.1, -0.05) is 90.0 Å². The molecule has 0 heterocycles. The van der Waals surface area contributed by atoms with Crippen LogP contribution >= 0.6 is 0 Å². The second kappa shape index (κ2) is 19.4. The molecule has 0 aliphatic carbocycles. The minimum absolute atomic E-state index is 0.182. The first-order valence-corrected chi connectivity index (χ1v) is 9.99. The molecule has 0 aromatic heterocycles. The Bertz CT molecular complexity index is 271. The quantitative estimate of drug-likeness (QED) is 0.209. The highest BCUT2D eigenvalue weighted by Gasteiger charge is 1.95. The Labute approximate surface area is 145 Å². The fourth-order valence-electron chi connectivity index (χ4n) is 2.78. The van der Waals surface area contributed by atoms with Crippen molar-refractivity contribution < 1.29 is 9.53 Å². The highest BCUT2D eigenvalue weighted by molar-refractivity contribution is 5.89. The van der Waals surface area contributed by atoms with E-state index >= 15 is 0 Å². The summed E-state index contributed by atoms with van der Waals surface area (Å²) in [6.07, 6.45) is 23.3. The van der Waals surface area contributed by atoms with Crippen molar-refractivity contribution in [2.75, 3.05) is 13.7 Å². The van der Waals surface area contributed by atoms with Crippen LogP contribution in [0.1, 0.15) is 103 Å². The second-order valence-corrected chi connectivity index (χ2v) is 6.64. The molecule has 0 radical (unpaired) electrons. The lowest BCUT2D eigenvalue weighted by molar-refractivity contribution is -0.115. The van der Waals surface area contributed by atoms with Crippen LogP contribution in [0.4, 0.5) is 0 Å². The third kappa shape index (κ3) is 19.3. The van der Waals surface area contributed by atoms with Gasteiger partial charge in [-0.2, -0.15) is 0 Å². The first-order chi connectivity index (χ1) is 11.3. The van der Waals surface area contributed by atoms with E-state index in [0.717, 1.165) is 6.42 Å². The predicted molar refractivity (Wildman–Crippen MR) is 101 cm³/mol. The zero-order chi connectivity index (χ0) is 17.0. The molecule has 2 nitrogen and oxygen atoms in total. The van der Waals surface area contributed by atoms with Gasteiger partial charge in [0.1, 0.15) is 0 Å². The Morgan fingerprint density at radius 3 is 1.74 bits per heavy atom. The van der Waals surface area contributed by atoms with Crippen LogP contribution in [-0.2, 0) is 9.53 Å². The van der Waals surface area contributed by atoms with Crippen LogP contribution in [0.25, 0.3) is 0 Å². The van der Waals surface area contributed by atoms with Crippen molar-refractivity contribution in [3.05, 3.63) is 12.2 Å². The molecule has 0 aromatic rings. The molecule has 0 saturated heterocycles. The van der Waals surface area contributed by atoms with Crippen molar-refractivity contribution >= 4 is 5.78 Å². The molecule has 0 aliphatic heterocycles. The van der Waals surface area contributed by atoms with E-state index in [1.807, 2.05) is 6.08 Å². The van der Waals surface area contributed by atoms with Crippen LogP contribution in [0.3, 0.4) is 0 Å². The molecule has 0 aliphatic rings. The summed E-state index contributed by atoms with van der Waals surface area (Å²) < 4.78 is 4.89. The monoisotopic (exact) mass is 324 g/mol. The number of hydrogen-bond acceptors (Lipinski definition) is 2. The van der Waals surface area contributed by atoms with Crippen LogP contribution in [-0.4, -0.2) is 19.5 Å². The number of carbonyl (C=O) groups is 1. The maximum atomic E-state index is 11.4. The van der Waals surface area contributed by atoms with E-state index in [-0.39, 0.29) is 5.78 Å². The molecule has 0 aromatic carbocycles. The number of rotatable bonds is 18. The van der Waals surface area contributed by atoms with Crippen LogP contribution in [0, 0.1) is 0 Å². The van der Waals surface area contributed by atoms with E-state index in [4.69, 9.17) is 4.74 Å². The Kier molecular flexibility index (Phi) is 18.9. The van der Waals surface area contributed by atoms with E-state index in [1.54, 1.807) is 13.2 Å². The zero-order valence-corrected chi connectivity index (χ0v) is 15.8. The maximum absolute atomic E-state index is 11.4. The van der Waals surface area contributed by atoms with Gasteiger partial charge in [0.05, 0.1) is 6.61 Å². The molecular weight excluding hydrogens is 284 g/mol. The third-order valence-corrected chi connectivity index (χ3v) is 4.33. The average Bonchev–Trinajstić information content (AvgIpc) is 2.56. The molecule has 0 N–H and O–H groups in total. The largest absolute Gasteiger partial charge is 0.384 e. The minimum atomic E-state index is 0.182. The van der Waals surface area contributed by atoms with Gasteiger partial charge in [-0.25, -0.2) is 0 Å². The fourth-order valence-corrected chi connectivity index (χ4v) is 2.78. The molecule has 0 fully saturated rings. The molecule has 0 spiro atoms. The predicted octanol–water partition coefficient (Wildman–Crippen LogP) is 6.63. The Balaban J connectivity index is 3.13. The molecule has 0 rings (SSSR count). The number of methoxy groups -OCH3 is 1. The standard InChI is InChI=1S/C21H40O2/c1-3-4-5-6-7-8-9-10-11-12-13-14-15-16-17-18-21(22)19-20-23-2/h17-18H,3-16,19-20H2,1-2H3. The van der Waals surface area contributed by atoms with Gasteiger partial charge in [0.15, 0.2) is 5.78 Å². The highest BCUT2D eigenvalue weighted by Crippen LogP contribution is 2.13. The van der Waals surface area contributed by atoms with Gasteiger partial charge < -0.3 is 4.74 Å². The van der Waals surface area contributed by atoms with Crippen LogP contribution in [0.2, 0.25) is 0 Å². The molecule has 0 saturated carbocycles. The molecule has 23 heavy (non-hydrogen) atoms. The van der Waals surface area contributed by atoms with Gasteiger partial charge in [-0.05, 0) is 18.9 Å². The topological polar surface area (TPSA) is 26.3 Å². The number of unbranched alkanes of at least 4 members (excludes halogenated alkanes) is 13. The molecule has 0 amide bonds. The van der Waals surface area contributed by atoms with Crippen molar-refractivity contribution in [1.29, 1.82) is 0 Å². The summed E-state index contributed by atoms with van der Waals surface area (Å²) in [4.78, 5) is 11.4. The summed E-state index contributed by atoms with van der Waals surface area (Å²) in [6, 6.07) is 0. The molecular formula is C21H40O2. The van der Waals surface area contributed by atoms with Gasteiger partial charge in [-0.3, -0.25) is 4.79 Å². The summed E-state index contributed by atoms with van der Waals surface area (Å²) in [5.41, 5.74) is 0. The van der Waals surface area contributed by atoms with E-state index in [0.29, 0.717) is 13.0 Å². The van der Waals surface area contributed by atoms with E-state index < -0.39 is 0 Å². The summed E-state index contributed by atoms with van der Waals surface area (Å²) in [5, 5.41) is 0. The van der Waals surface area contributed by atoms with Crippen molar-refractivity contribution in [2.24, 2.45) is 0 Å².